The van der Waals surface area contributed by atoms with Gasteiger partial charge in [0.05, 0.1) is 0 Å². The summed E-state index contributed by atoms with van der Waals surface area (Å²) in [6.07, 6.45) is 3.81. The molecule has 4 nitrogen and oxygen atoms in total. The summed E-state index contributed by atoms with van der Waals surface area (Å²) in [5, 5.41) is 3.07. The lowest BCUT2D eigenvalue weighted by Crippen LogP contribution is -2.34. The molecule has 1 fully saturated rings. The number of amides is 2. The summed E-state index contributed by atoms with van der Waals surface area (Å²) < 4.78 is 0. The van der Waals surface area contributed by atoms with E-state index in [1.54, 1.807) is 4.90 Å². The third-order valence-corrected chi connectivity index (χ3v) is 5.16. The topological polar surface area (TPSA) is 35.6 Å². The smallest absolute Gasteiger partial charge is 0.321 e. The van der Waals surface area contributed by atoms with Crippen molar-refractivity contribution in [3.8, 4) is 0 Å². The minimum absolute atomic E-state index is 0.0733. The van der Waals surface area contributed by atoms with E-state index < -0.39 is 0 Å². The fourth-order valence-electron chi connectivity index (χ4n) is 3.63. The van der Waals surface area contributed by atoms with E-state index in [1.807, 2.05) is 39.1 Å². The Balaban J connectivity index is 1.71. The second kappa shape index (κ2) is 8.26. The Bertz CT molecular complexity index is 745. The Kier molecular flexibility index (Phi) is 5.82. The number of aryl methyl sites for hydroxylation is 2. The number of benzene rings is 2. The molecule has 0 unspecified atom stereocenters. The van der Waals surface area contributed by atoms with Gasteiger partial charge in [0.15, 0.2) is 0 Å². The van der Waals surface area contributed by atoms with Crippen LogP contribution in [0, 0.1) is 13.8 Å². The molecule has 2 aromatic carbocycles. The Labute approximate surface area is 156 Å². The number of para-hydroxylation sites is 2. The number of urea groups is 1. The number of anilines is 2. The average molecular weight is 351 g/mol. The molecule has 3 rings (SSSR count). The first kappa shape index (κ1) is 18.3. The number of carbonyl (C=O) groups is 1. The first-order chi connectivity index (χ1) is 12.6. The highest BCUT2D eigenvalue weighted by Gasteiger charge is 2.17. The number of nitrogens with zero attached hydrogens (tertiary/aromatic N) is 2. The molecule has 1 saturated heterocycles. The number of rotatable bonds is 4. The summed E-state index contributed by atoms with van der Waals surface area (Å²) in [5.41, 5.74) is 5.54. The van der Waals surface area contributed by atoms with Crippen LogP contribution in [0.4, 0.5) is 16.2 Å². The van der Waals surface area contributed by atoms with Crippen molar-refractivity contribution in [3.05, 3.63) is 59.2 Å². The number of piperidine rings is 1. The zero-order valence-corrected chi connectivity index (χ0v) is 16.1. The standard InChI is InChI=1S/C22H29N3O/c1-17-10-9-11-18(2)21(17)23-22(26)24(3)16-19-12-5-6-13-20(19)25-14-7-4-8-15-25/h5-6,9-13H,4,7-8,14-16H2,1-3H3,(H,23,26). The molecule has 1 aliphatic heterocycles. The molecule has 0 radical (unpaired) electrons. The van der Waals surface area contributed by atoms with Crippen molar-refractivity contribution in [2.45, 2.75) is 39.7 Å². The van der Waals surface area contributed by atoms with Crippen LogP contribution in [0.2, 0.25) is 0 Å². The molecule has 2 amide bonds. The summed E-state index contributed by atoms with van der Waals surface area (Å²) in [6, 6.07) is 14.4. The number of carbonyl (C=O) groups excluding carboxylic acids is 1. The Morgan fingerprint density at radius 3 is 2.35 bits per heavy atom. The van der Waals surface area contributed by atoms with Gasteiger partial charge in [0.25, 0.3) is 0 Å². The maximum absolute atomic E-state index is 12.7. The van der Waals surface area contributed by atoms with Gasteiger partial charge in [-0.25, -0.2) is 4.79 Å². The van der Waals surface area contributed by atoms with E-state index in [-0.39, 0.29) is 6.03 Å². The van der Waals surface area contributed by atoms with Crippen molar-refractivity contribution in [1.29, 1.82) is 0 Å². The normalized spacial score (nSPS) is 14.2. The summed E-state index contributed by atoms with van der Waals surface area (Å²) in [6.45, 7) is 6.86. The van der Waals surface area contributed by atoms with Crippen LogP contribution in [0.1, 0.15) is 36.0 Å². The summed E-state index contributed by atoms with van der Waals surface area (Å²) in [5.74, 6) is 0. The number of nitrogens with one attached hydrogen (secondary N) is 1. The van der Waals surface area contributed by atoms with Gasteiger partial charge >= 0.3 is 6.03 Å². The van der Waals surface area contributed by atoms with Crippen molar-refractivity contribution >= 4 is 17.4 Å². The molecule has 26 heavy (non-hydrogen) atoms. The zero-order chi connectivity index (χ0) is 18.5. The van der Waals surface area contributed by atoms with Gasteiger partial charge in [-0.1, -0.05) is 36.4 Å². The second-order valence-corrected chi connectivity index (χ2v) is 7.23. The van der Waals surface area contributed by atoms with Crippen molar-refractivity contribution in [2.75, 3.05) is 30.4 Å². The second-order valence-electron chi connectivity index (χ2n) is 7.23. The highest BCUT2D eigenvalue weighted by Crippen LogP contribution is 2.25. The predicted octanol–water partition coefficient (Wildman–Crippen LogP) is 4.96. The van der Waals surface area contributed by atoms with Crippen LogP contribution in [0.5, 0.6) is 0 Å². The predicted molar refractivity (Wildman–Crippen MR) is 109 cm³/mol. The van der Waals surface area contributed by atoms with Gasteiger partial charge in [0.2, 0.25) is 0 Å². The highest BCUT2D eigenvalue weighted by molar-refractivity contribution is 5.91. The largest absolute Gasteiger partial charge is 0.371 e. The molecule has 0 atom stereocenters. The molecule has 138 valence electrons. The molecule has 0 aliphatic carbocycles. The van der Waals surface area contributed by atoms with E-state index >= 15 is 0 Å². The summed E-state index contributed by atoms with van der Waals surface area (Å²) >= 11 is 0. The molecule has 1 N–H and O–H groups in total. The van der Waals surface area contributed by atoms with Crippen LogP contribution in [0.25, 0.3) is 0 Å². The van der Waals surface area contributed by atoms with E-state index in [2.05, 4.69) is 34.5 Å². The van der Waals surface area contributed by atoms with Crippen molar-refractivity contribution in [1.82, 2.24) is 4.90 Å². The Hall–Kier alpha value is -2.49. The highest BCUT2D eigenvalue weighted by atomic mass is 16.2. The average Bonchev–Trinajstić information content (AvgIpc) is 2.66. The third-order valence-electron chi connectivity index (χ3n) is 5.16. The van der Waals surface area contributed by atoms with Gasteiger partial charge < -0.3 is 15.1 Å². The fraction of sp³-hybridized carbons (Fsp3) is 0.409. The maximum atomic E-state index is 12.7. The van der Waals surface area contributed by atoms with Gasteiger partial charge in [0.1, 0.15) is 0 Å². The van der Waals surface area contributed by atoms with E-state index in [0.29, 0.717) is 6.54 Å². The molecule has 1 aliphatic rings. The molecular formula is C22H29N3O. The van der Waals surface area contributed by atoms with Crippen LogP contribution in [0.15, 0.2) is 42.5 Å². The molecule has 1 heterocycles. The Morgan fingerprint density at radius 1 is 1.00 bits per heavy atom. The SMILES string of the molecule is Cc1cccc(C)c1NC(=O)N(C)Cc1ccccc1N1CCCCC1. The van der Waals surface area contributed by atoms with E-state index in [1.165, 1.54) is 30.5 Å². The number of hydrogen-bond acceptors (Lipinski definition) is 2. The molecule has 2 aromatic rings. The number of hydrogen-bond donors (Lipinski definition) is 1. The van der Waals surface area contributed by atoms with Gasteiger partial charge in [-0.15, -0.1) is 0 Å². The lowest BCUT2D eigenvalue weighted by Gasteiger charge is -2.31. The minimum Gasteiger partial charge on any atom is -0.371 e. The Morgan fingerprint density at radius 2 is 1.65 bits per heavy atom. The molecule has 0 bridgehead atoms. The van der Waals surface area contributed by atoms with Crippen molar-refractivity contribution < 1.29 is 4.79 Å². The van der Waals surface area contributed by atoms with Crippen LogP contribution in [0.3, 0.4) is 0 Å². The molecule has 0 spiro atoms. The van der Waals surface area contributed by atoms with Gasteiger partial charge in [-0.3, -0.25) is 0 Å². The lowest BCUT2D eigenvalue weighted by atomic mass is 10.1. The maximum Gasteiger partial charge on any atom is 0.321 e. The molecule has 4 heteroatoms. The minimum atomic E-state index is -0.0733. The summed E-state index contributed by atoms with van der Waals surface area (Å²) in [7, 11) is 1.86. The van der Waals surface area contributed by atoms with Gasteiger partial charge in [0, 0.05) is 38.1 Å². The first-order valence-electron chi connectivity index (χ1n) is 9.47. The zero-order valence-electron chi connectivity index (χ0n) is 16.1. The molecule has 0 aromatic heterocycles. The molecular weight excluding hydrogens is 322 g/mol. The third kappa shape index (κ3) is 4.18. The lowest BCUT2D eigenvalue weighted by molar-refractivity contribution is 0.220. The van der Waals surface area contributed by atoms with E-state index in [9.17, 15) is 4.79 Å². The van der Waals surface area contributed by atoms with Crippen LogP contribution >= 0.6 is 0 Å². The van der Waals surface area contributed by atoms with Crippen LogP contribution in [-0.2, 0) is 6.54 Å². The van der Waals surface area contributed by atoms with Gasteiger partial charge in [-0.05, 0) is 55.9 Å². The quantitative estimate of drug-likeness (QED) is 0.845. The first-order valence-corrected chi connectivity index (χ1v) is 9.47. The van der Waals surface area contributed by atoms with Crippen molar-refractivity contribution in [3.63, 3.8) is 0 Å². The van der Waals surface area contributed by atoms with Crippen LogP contribution in [-0.4, -0.2) is 31.1 Å². The fourth-order valence-corrected chi connectivity index (χ4v) is 3.63. The monoisotopic (exact) mass is 351 g/mol. The molecule has 0 saturated carbocycles. The van der Waals surface area contributed by atoms with Gasteiger partial charge in [-0.2, -0.15) is 0 Å². The van der Waals surface area contributed by atoms with Crippen molar-refractivity contribution in [2.24, 2.45) is 0 Å². The van der Waals surface area contributed by atoms with E-state index in [4.69, 9.17) is 0 Å². The van der Waals surface area contributed by atoms with E-state index in [0.717, 1.165) is 29.9 Å². The van der Waals surface area contributed by atoms with Crippen LogP contribution < -0.4 is 10.2 Å². The summed E-state index contributed by atoms with van der Waals surface area (Å²) in [4.78, 5) is 16.9.